The first-order chi connectivity index (χ1) is 9.66. The fourth-order valence-electron chi connectivity index (χ4n) is 2.93. The van der Waals surface area contributed by atoms with Gasteiger partial charge in [-0.3, -0.25) is 0 Å². The molecule has 112 valence electrons. The number of rotatable bonds is 8. The summed E-state index contributed by atoms with van der Waals surface area (Å²) in [5.74, 6) is 0. The first kappa shape index (κ1) is 15.5. The van der Waals surface area contributed by atoms with Crippen molar-refractivity contribution < 1.29 is 0 Å². The van der Waals surface area contributed by atoms with E-state index in [9.17, 15) is 0 Å². The first-order valence-corrected chi connectivity index (χ1v) is 8.17. The zero-order valence-corrected chi connectivity index (χ0v) is 13.2. The van der Waals surface area contributed by atoms with Gasteiger partial charge in [0.25, 0.3) is 0 Å². The van der Waals surface area contributed by atoms with Crippen molar-refractivity contribution in [2.45, 2.75) is 51.5 Å². The molecule has 0 saturated carbocycles. The maximum absolute atomic E-state index is 3.73. The second-order valence-corrected chi connectivity index (χ2v) is 6.70. The van der Waals surface area contributed by atoms with E-state index < -0.39 is 0 Å². The Labute approximate surface area is 124 Å². The summed E-state index contributed by atoms with van der Waals surface area (Å²) in [7, 11) is 0. The van der Waals surface area contributed by atoms with E-state index in [4.69, 9.17) is 0 Å². The molecule has 0 spiro atoms. The number of nitrogens with one attached hydrogen (secondary N) is 1. The molecule has 1 aromatic carbocycles. The van der Waals surface area contributed by atoms with Crippen molar-refractivity contribution >= 4 is 0 Å². The highest BCUT2D eigenvalue weighted by molar-refractivity contribution is 5.15. The molecule has 0 unspecified atom stereocenters. The van der Waals surface area contributed by atoms with Gasteiger partial charge >= 0.3 is 0 Å². The average molecular weight is 274 g/mol. The van der Waals surface area contributed by atoms with Crippen LogP contribution in [-0.4, -0.2) is 36.6 Å². The number of likely N-dealkylation sites (tertiary alicyclic amines) is 1. The smallest absolute Gasteiger partial charge is 0.0128 e. The molecule has 1 aliphatic rings. The quantitative estimate of drug-likeness (QED) is 0.730. The minimum absolute atomic E-state index is 0.237. The van der Waals surface area contributed by atoms with E-state index in [1.807, 2.05) is 0 Å². The third-order valence-electron chi connectivity index (χ3n) is 4.33. The molecule has 1 aliphatic heterocycles. The summed E-state index contributed by atoms with van der Waals surface area (Å²) in [6.45, 7) is 9.69. The van der Waals surface area contributed by atoms with Gasteiger partial charge in [0, 0.05) is 5.54 Å². The molecule has 20 heavy (non-hydrogen) atoms. The highest BCUT2D eigenvalue weighted by atomic mass is 15.1. The van der Waals surface area contributed by atoms with Crippen LogP contribution in [-0.2, 0) is 6.42 Å². The van der Waals surface area contributed by atoms with Crippen LogP contribution in [0.5, 0.6) is 0 Å². The second kappa shape index (κ2) is 7.80. The van der Waals surface area contributed by atoms with Gasteiger partial charge in [0.2, 0.25) is 0 Å². The van der Waals surface area contributed by atoms with Gasteiger partial charge in [0.05, 0.1) is 0 Å². The largest absolute Gasteiger partial charge is 0.312 e. The third kappa shape index (κ3) is 5.64. The van der Waals surface area contributed by atoms with Gasteiger partial charge in [-0.05, 0) is 77.7 Å². The summed E-state index contributed by atoms with van der Waals surface area (Å²) in [4.78, 5) is 2.60. The van der Waals surface area contributed by atoms with Crippen LogP contribution < -0.4 is 5.32 Å². The zero-order chi connectivity index (χ0) is 14.3. The van der Waals surface area contributed by atoms with E-state index in [0.717, 1.165) is 13.0 Å². The van der Waals surface area contributed by atoms with Crippen LogP contribution in [0.4, 0.5) is 0 Å². The Hall–Kier alpha value is -0.860. The minimum atomic E-state index is 0.237. The fraction of sp³-hybridized carbons (Fsp3) is 0.667. The molecule has 2 heteroatoms. The predicted molar refractivity (Wildman–Crippen MR) is 87.1 cm³/mol. The monoisotopic (exact) mass is 274 g/mol. The highest BCUT2D eigenvalue weighted by Crippen LogP contribution is 2.14. The molecule has 0 radical (unpaired) electrons. The summed E-state index contributed by atoms with van der Waals surface area (Å²) in [6, 6.07) is 10.8. The van der Waals surface area contributed by atoms with Crippen molar-refractivity contribution in [3.05, 3.63) is 35.9 Å². The Balaban J connectivity index is 1.60. The standard InChI is InChI=1S/C18H30N2/c1-18(2,12-11-17-9-4-3-5-10-17)19-13-8-16-20-14-6-7-15-20/h3-5,9-10,19H,6-8,11-16H2,1-2H3. The van der Waals surface area contributed by atoms with Gasteiger partial charge in [-0.2, -0.15) is 0 Å². The number of hydrogen-bond acceptors (Lipinski definition) is 2. The number of benzene rings is 1. The molecular formula is C18H30N2. The molecular weight excluding hydrogens is 244 g/mol. The molecule has 0 amide bonds. The van der Waals surface area contributed by atoms with Crippen LogP contribution in [0, 0.1) is 0 Å². The first-order valence-electron chi connectivity index (χ1n) is 8.17. The molecule has 0 aliphatic carbocycles. The maximum Gasteiger partial charge on any atom is 0.0128 e. The summed E-state index contributed by atoms with van der Waals surface area (Å²) in [6.07, 6.45) is 6.43. The van der Waals surface area contributed by atoms with Crippen LogP contribution in [0.3, 0.4) is 0 Å². The van der Waals surface area contributed by atoms with Crippen molar-refractivity contribution in [2.75, 3.05) is 26.2 Å². The molecule has 0 aromatic heterocycles. The van der Waals surface area contributed by atoms with Crippen LogP contribution in [0.15, 0.2) is 30.3 Å². The molecule has 2 nitrogen and oxygen atoms in total. The fourth-order valence-corrected chi connectivity index (χ4v) is 2.93. The molecule has 1 N–H and O–H groups in total. The Morgan fingerprint density at radius 3 is 2.50 bits per heavy atom. The lowest BCUT2D eigenvalue weighted by Gasteiger charge is -2.27. The van der Waals surface area contributed by atoms with Crippen LogP contribution in [0.25, 0.3) is 0 Å². The maximum atomic E-state index is 3.73. The summed E-state index contributed by atoms with van der Waals surface area (Å²) in [5, 5.41) is 3.73. The molecule has 1 fully saturated rings. The van der Waals surface area contributed by atoms with Gasteiger partial charge in [-0.1, -0.05) is 30.3 Å². The lowest BCUT2D eigenvalue weighted by molar-refractivity contribution is 0.308. The van der Waals surface area contributed by atoms with Gasteiger partial charge in [-0.15, -0.1) is 0 Å². The van der Waals surface area contributed by atoms with Crippen LogP contribution in [0.1, 0.15) is 45.1 Å². The van der Waals surface area contributed by atoms with E-state index in [2.05, 4.69) is 54.4 Å². The lowest BCUT2D eigenvalue weighted by Crippen LogP contribution is -2.41. The zero-order valence-electron chi connectivity index (χ0n) is 13.2. The third-order valence-corrected chi connectivity index (χ3v) is 4.33. The number of nitrogens with zero attached hydrogens (tertiary/aromatic N) is 1. The van der Waals surface area contributed by atoms with Crippen molar-refractivity contribution in [3.8, 4) is 0 Å². The molecule has 1 heterocycles. The normalized spacial score (nSPS) is 16.7. The molecule has 1 saturated heterocycles. The summed E-state index contributed by atoms with van der Waals surface area (Å²) in [5.41, 5.74) is 1.68. The van der Waals surface area contributed by atoms with Gasteiger partial charge in [-0.25, -0.2) is 0 Å². The predicted octanol–water partition coefficient (Wildman–Crippen LogP) is 3.47. The Bertz CT molecular complexity index is 366. The summed E-state index contributed by atoms with van der Waals surface area (Å²) < 4.78 is 0. The van der Waals surface area contributed by atoms with Gasteiger partial charge in [0.1, 0.15) is 0 Å². The van der Waals surface area contributed by atoms with E-state index in [-0.39, 0.29) is 5.54 Å². The molecule has 1 aromatic rings. The van der Waals surface area contributed by atoms with E-state index in [1.54, 1.807) is 0 Å². The van der Waals surface area contributed by atoms with E-state index in [1.165, 1.54) is 50.9 Å². The summed E-state index contributed by atoms with van der Waals surface area (Å²) >= 11 is 0. The van der Waals surface area contributed by atoms with Crippen molar-refractivity contribution in [1.82, 2.24) is 10.2 Å². The Morgan fingerprint density at radius 1 is 1.10 bits per heavy atom. The van der Waals surface area contributed by atoms with Gasteiger partial charge in [0.15, 0.2) is 0 Å². The number of hydrogen-bond donors (Lipinski definition) is 1. The van der Waals surface area contributed by atoms with Crippen molar-refractivity contribution in [3.63, 3.8) is 0 Å². The Morgan fingerprint density at radius 2 is 1.80 bits per heavy atom. The second-order valence-electron chi connectivity index (χ2n) is 6.70. The molecule has 2 rings (SSSR count). The average Bonchev–Trinajstić information content (AvgIpc) is 2.96. The SMILES string of the molecule is CC(C)(CCc1ccccc1)NCCCN1CCCC1. The van der Waals surface area contributed by atoms with Crippen LogP contribution in [0.2, 0.25) is 0 Å². The minimum Gasteiger partial charge on any atom is -0.312 e. The Kier molecular flexibility index (Phi) is 6.06. The molecule has 0 atom stereocenters. The lowest BCUT2D eigenvalue weighted by atomic mass is 9.95. The van der Waals surface area contributed by atoms with Crippen LogP contribution >= 0.6 is 0 Å². The number of aryl methyl sites for hydroxylation is 1. The van der Waals surface area contributed by atoms with Crippen molar-refractivity contribution in [1.29, 1.82) is 0 Å². The van der Waals surface area contributed by atoms with Crippen molar-refractivity contribution in [2.24, 2.45) is 0 Å². The highest BCUT2D eigenvalue weighted by Gasteiger charge is 2.17. The topological polar surface area (TPSA) is 15.3 Å². The van der Waals surface area contributed by atoms with Gasteiger partial charge < -0.3 is 10.2 Å². The van der Waals surface area contributed by atoms with E-state index in [0.29, 0.717) is 0 Å². The van der Waals surface area contributed by atoms with E-state index >= 15 is 0 Å². The molecule has 0 bridgehead atoms.